The first kappa shape index (κ1) is 74.7. The Morgan fingerprint density at radius 3 is 1.43 bits per heavy atom. The van der Waals surface area contributed by atoms with Gasteiger partial charge < -0.3 is 36.0 Å². The Kier molecular flexibility index (Phi) is 21.0. The number of hydrogen-bond donors (Lipinski definition) is 2. The van der Waals surface area contributed by atoms with Crippen LogP contribution in [0.25, 0.3) is 0 Å². The summed E-state index contributed by atoms with van der Waals surface area (Å²) in [5.41, 5.74) is 10.0. The summed E-state index contributed by atoms with van der Waals surface area (Å²) in [6.07, 6.45) is 18.6. The van der Waals surface area contributed by atoms with Gasteiger partial charge in [-0.05, 0) is 198 Å². The minimum atomic E-state index is -0.588. The maximum atomic E-state index is 14.7. The van der Waals surface area contributed by atoms with Crippen molar-refractivity contribution in [2.24, 2.45) is 148 Å². The van der Waals surface area contributed by atoms with Crippen LogP contribution >= 0.6 is 0 Å². The molecule has 516 valence electrons. The van der Waals surface area contributed by atoms with E-state index in [1.54, 1.807) is 11.1 Å². The molecule has 11 rings (SSSR count). The van der Waals surface area contributed by atoms with Crippen LogP contribution < -0.4 is 35.3 Å². The van der Waals surface area contributed by atoms with Gasteiger partial charge in [0.2, 0.25) is 0 Å². The summed E-state index contributed by atoms with van der Waals surface area (Å²) < 4.78 is 33.5. The number of benzene rings is 1. The number of aliphatic carboxylic acids is 1. The first-order valence-electron chi connectivity index (χ1n) is 37.2. The van der Waals surface area contributed by atoms with Gasteiger partial charge >= 0.3 is 41.5 Å². The molecule has 1 aromatic rings. The Bertz CT molecular complexity index is 2890. The Morgan fingerprint density at radius 1 is 0.598 bits per heavy atom. The number of hydrogen-bond acceptors (Lipinski definition) is 8. The van der Waals surface area contributed by atoms with Gasteiger partial charge in [-0.2, -0.15) is 0 Å². The maximum absolute atomic E-state index is 14.7. The zero-order valence-corrected chi connectivity index (χ0v) is 65.1. The number of rotatable bonds is 16. The number of nitrogens with two attached hydrogens (primary N) is 1. The molecule has 6 saturated carbocycles. The first-order valence-corrected chi connectivity index (χ1v) is 37.2. The molecule has 4 bridgehead atoms. The Hall–Kier alpha value is -1.56. The van der Waals surface area contributed by atoms with Crippen LogP contribution in [0.5, 0.6) is 0 Å². The summed E-state index contributed by atoms with van der Waals surface area (Å²) >= 11 is 0. The van der Waals surface area contributed by atoms with Crippen molar-refractivity contribution in [3.05, 3.63) is 59.2 Å². The zero-order chi connectivity index (χ0) is 67.0. The largest absolute Gasteiger partial charge is 1.00 e. The molecule has 2 saturated heterocycles. The number of fused-ring (bicyclic) bond motifs is 6. The van der Waals surface area contributed by atoms with E-state index in [4.69, 9.17) is 29.4 Å². The van der Waals surface area contributed by atoms with E-state index in [1.807, 2.05) is 18.2 Å². The van der Waals surface area contributed by atoms with Crippen molar-refractivity contribution in [2.75, 3.05) is 39.6 Å². The van der Waals surface area contributed by atoms with Crippen molar-refractivity contribution in [2.45, 2.75) is 261 Å². The summed E-state index contributed by atoms with van der Waals surface area (Å²) in [6.45, 7) is 59.0. The minimum Gasteiger partial charge on any atom is -1.00 e. The quantitative estimate of drug-likeness (QED) is 0.0945. The second-order valence-electron chi connectivity index (χ2n) is 38.1. The van der Waals surface area contributed by atoms with Gasteiger partial charge in [-0.25, -0.2) is 0 Å². The van der Waals surface area contributed by atoms with Gasteiger partial charge in [-0.15, -0.1) is 0 Å². The molecule has 23 atom stereocenters. The fourth-order valence-electron chi connectivity index (χ4n) is 24.4. The molecule has 8 fully saturated rings. The molecule has 0 radical (unpaired) electrons. The van der Waals surface area contributed by atoms with Gasteiger partial charge in [0.25, 0.3) is 0 Å². The number of carboxylic acids is 1. The number of esters is 1. The van der Waals surface area contributed by atoms with Crippen molar-refractivity contribution >= 4 is 11.9 Å². The fourth-order valence-corrected chi connectivity index (χ4v) is 24.4. The second-order valence-corrected chi connectivity index (χ2v) is 38.1. The average Bonchev–Trinajstić information content (AvgIpc) is 0.680. The number of carbonyl (C=O) groups is 2. The molecular weight excluding hydrogens is 1150 g/mol. The van der Waals surface area contributed by atoms with Gasteiger partial charge in [0, 0.05) is 27.2 Å². The van der Waals surface area contributed by atoms with Gasteiger partial charge in [0.05, 0.1) is 63.7 Å². The third kappa shape index (κ3) is 11.4. The Balaban J connectivity index is 0.000000237. The number of allylic oxidation sites excluding steroid dienone is 2. The molecule has 9 nitrogen and oxygen atoms in total. The molecule has 0 aromatic heterocycles. The van der Waals surface area contributed by atoms with Crippen LogP contribution in [-0.4, -0.2) is 74.4 Å². The molecule has 92 heavy (non-hydrogen) atoms. The van der Waals surface area contributed by atoms with E-state index < -0.39 is 5.97 Å². The molecule has 10 heteroatoms. The predicted molar refractivity (Wildman–Crippen MR) is 371 cm³/mol. The van der Waals surface area contributed by atoms with Crippen molar-refractivity contribution in [1.82, 2.24) is 0 Å². The maximum Gasteiger partial charge on any atom is 1.00 e. The Labute approximate surface area is 585 Å². The molecular formula is C82H134NNaO8. The zero-order valence-electron chi connectivity index (χ0n) is 64.1. The van der Waals surface area contributed by atoms with Crippen LogP contribution in [0.1, 0.15) is 243 Å². The van der Waals surface area contributed by atoms with Gasteiger partial charge in [0.1, 0.15) is 6.61 Å². The summed E-state index contributed by atoms with van der Waals surface area (Å²) in [7, 11) is 0. The molecule has 0 amide bonds. The molecule has 1 aromatic carbocycles. The second kappa shape index (κ2) is 25.9. The predicted octanol–water partition coefficient (Wildman–Crippen LogP) is 16.0. The van der Waals surface area contributed by atoms with Crippen molar-refractivity contribution in [3.63, 3.8) is 0 Å². The van der Waals surface area contributed by atoms with Crippen molar-refractivity contribution in [1.29, 1.82) is 0 Å². The van der Waals surface area contributed by atoms with Gasteiger partial charge in [-0.3, -0.25) is 9.59 Å². The average molecular weight is 1280 g/mol. The molecule has 0 spiro atoms. The van der Waals surface area contributed by atoms with Crippen LogP contribution in [0.4, 0.5) is 0 Å². The van der Waals surface area contributed by atoms with Crippen LogP contribution in [0.15, 0.2) is 53.6 Å². The molecule has 10 aliphatic rings. The van der Waals surface area contributed by atoms with Crippen LogP contribution in [0.3, 0.4) is 0 Å². The van der Waals surface area contributed by atoms with Gasteiger partial charge in [-0.1, -0.05) is 206 Å². The first-order chi connectivity index (χ1) is 42.2. The molecule has 8 aliphatic carbocycles. The minimum absolute atomic E-state index is 0. The molecule has 3 N–H and O–H groups in total. The SMILES string of the molecule is CC(C)[C@@H](C)[C@@]1(C)CC[C@]2(C)[C@H]3CC[C@@H]4[C@@]5(COC[C@@]4(C)[C@@H](OCC(C)(C)C(C)C)[C@H](C)C5)C3=CC[C@@]2(C)[C@@H]1C(=O)OCc1ccccc1.CC(C)[C@@H](C)[C@@]1(C)CC[C@]2(C)[C@H]3CC[C@@H]4[C@@]5(COC[C@@]4(C)[C@@H](OC[C@@](C)(N)C(C)C)[C@H](C)C5)C3=CC[C@@]2(C)[C@@H]1C(=O)O.[H-].[Na+]. The summed E-state index contributed by atoms with van der Waals surface area (Å²) in [4.78, 5) is 28.0. The van der Waals surface area contributed by atoms with E-state index in [2.05, 4.69) is 184 Å². The fraction of sp³-hybridized carbons (Fsp3) is 0.854. The van der Waals surface area contributed by atoms with Crippen LogP contribution in [0, 0.1) is 142 Å². The monoisotopic (exact) mass is 1280 g/mol. The van der Waals surface area contributed by atoms with E-state index in [9.17, 15) is 14.7 Å². The summed E-state index contributed by atoms with van der Waals surface area (Å²) in [5, 5.41) is 10.9. The summed E-state index contributed by atoms with van der Waals surface area (Å²) in [5.74, 6) is 4.38. The van der Waals surface area contributed by atoms with Crippen molar-refractivity contribution < 1.29 is 69.4 Å². The molecule has 2 heterocycles. The number of carbonyl (C=O) groups excluding carboxylic acids is 1. The standard InChI is InChI=1S/C45H70O4.C37H63NO4.Na.H/c1-29(2)32(6)41(9)22-23-43(11)34-18-19-36-42(10)27-47-28-45(36,24-31(5)38(42)49-26-40(7,8)30(3)4)35(34)20-21-44(43,12)37(41)39(46)48-25-33-16-14-13-15-17-33;1-22(2)25(6)32(7)16-17-34(9)26-12-13-28-33(8)19-41-21-37(28,27(26)14-15-35(34,10)29(32)31(39)40)18-24(5)30(33)42-20-36(11,38)23(3)4;;/h13-17,20,29-32,34,36-38H,18-19,21-28H2,1-12H3;14,22-26,28-30H,12-13,15-21,38H2,1-11H3,(H,39,40);;/q;;+1;-1/t31-,32-,34+,36+,37-,38+,41-,42-,43-,44+,45+;24-,25-,26+,28+,29-,30+,32-,33-,34-,35+,36-,37+;;/m11../s1. The van der Waals surface area contributed by atoms with E-state index in [1.165, 1.54) is 19.3 Å². The third-order valence-corrected chi connectivity index (χ3v) is 32.0. The molecule has 2 aliphatic heterocycles. The van der Waals surface area contributed by atoms with Crippen molar-refractivity contribution in [3.8, 4) is 0 Å². The topological polar surface area (TPSA) is 127 Å². The van der Waals surface area contributed by atoms with Gasteiger partial charge in [0.15, 0.2) is 0 Å². The third-order valence-electron chi connectivity index (χ3n) is 32.0. The van der Waals surface area contributed by atoms with E-state index >= 15 is 0 Å². The van der Waals surface area contributed by atoms with E-state index in [0.717, 1.165) is 96.4 Å². The van der Waals surface area contributed by atoms with Crippen LogP contribution in [0.2, 0.25) is 0 Å². The normalized spacial score (nSPS) is 45.0. The Morgan fingerprint density at radius 2 is 1.02 bits per heavy atom. The number of carboxylic acid groups (broad SMARTS) is 1. The smallest absolute Gasteiger partial charge is 1.00 e. The van der Waals surface area contributed by atoms with E-state index in [0.29, 0.717) is 84.2 Å². The molecule has 0 unspecified atom stereocenters. The number of ether oxygens (including phenoxy) is 5. The van der Waals surface area contributed by atoms with E-state index in [-0.39, 0.29) is 126 Å². The summed E-state index contributed by atoms with van der Waals surface area (Å²) in [6, 6.07) is 10.2. The van der Waals surface area contributed by atoms with Crippen LogP contribution in [-0.2, 0) is 39.9 Å².